The summed E-state index contributed by atoms with van der Waals surface area (Å²) in [5.74, 6) is -1.06. The molecule has 5 heteroatoms. The van der Waals surface area contributed by atoms with Crippen molar-refractivity contribution in [3.63, 3.8) is 0 Å². The second-order valence-corrected chi connectivity index (χ2v) is 7.58. The summed E-state index contributed by atoms with van der Waals surface area (Å²) in [4.78, 5) is 0. The lowest BCUT2D eigenvalue weighted by Crippen LogP contribution is -2.41. The van der Waals surface area contributed by atoms with Crippen LogP contribution in [0.1, 0.15) is 61.8 Å². The van der Waals surface area contributed by atoms with Crippen molar-refractivity contribution < 1.29 is 17.6 Å². The molecule has 0 aliphatic heterocycles. The Hall–Kier alpha value is -1.88. The number of hydrogen-bond donors (Lipinski definition) is 1. The maximum atomic E-state index is 13.7. The first-order valence-electron chi connectivity index (χ1n) is 9.45. The van der Waals surface area contributed by atoms with Gasteiger partial charge in [0.1, 0.15) is 5.82 Å². The highest BCUT2D eigenvalue weighted by Gasteiger charge is 2.37. The van der Waals surface area contributed by atoms with E-state index in [0.717, 1.165) is 37.0 Å². The molecular weight excluding hydrogens is 354 g/mol. The first kappa shape index (κ1) is 19.9. The minimum Gasteiger partial charge on any atom is -0.307 e. The van der Waals surface area contributed by atoms with Gasteiger partial charge in [0.15, 0.2) is 0 Å². The molecule has 4 atom stereocenters. The summed E-state index contributed by atoms with van der Waals surface area (Å²) in [6.45, 7) is 4.14. The lowest BCUT2D eigenvalue weighted by atomic mass is 9.72. The highest BCUT2D eigenvalue weighted by atomic mass is 19.4. The summed E-state index contributed by atoms with van der Waals surface area (Å²) in [6, 6.07) is 13.6. The Morgan fingerprint density at radius 3 is 2.41 bits per heavy atom. The van der Waals surface area contributed by atoms with Crippen molar-refractivity contribution in [1.82, 2.24) is 5.32 Å². The molecule has 146 valence electrons. The van der Waals surface area contributed by atoms with Crippen molar-refractivity contribution in [2.24, 2.45) is 5.92 Å². The quantitative estimate of drug-likeness (QED) is 0.601. The number of halogens is 4. The summed E-state index contributed by atoms with van der Waals surface area (Å²) in [5, 5.41) is 3.61. The molecule has 0 saturated heterocycles. The van der Waals surface area contributed by atoms with Crippen LogP contribution in [0.25, 0.3) is 0 Å². The maximum Gasteiger partial charge on any atom is 0.419 e. The van der Waals surface area contributed by atoms with E-state index < -0.39 is 17.6 Å². The molecule has 4 unspecified atom stereocenters. The molecule has 0 bridgehead atoms. The number of benzene rings is 2. The van der Waals surface area contributed by atoms with Gasteiger partial charge in [0, 0.05) is 18.0 Å². The molecule has 1 aliphatic rings. The zero-order chi connectivity index (χ0) is 19.6. The van der Waals surface area contributed by atoms with Gasteiger partial charge in [0.25, 0.3) is 0 Å². The Kier molecular flexibility index (Phi) is 5.89. The zero-order valence-electron chi connectivity index (χ0n) is 15.6. The van der Waals surface area contributed by atoms with Gasteiger partial charge >= 0.3 is 6.18 Å². The second-order valence-electron chi connectivity index (χ2n) is 7.58. The summed E-state index contributed by atoms with van der Waals surface area (Å²) in [6.07, 6.45) is -1.80. The molecule has 0 radical (unpaired) electrons. The van der Waals surface area contributed by atoms with E-state index >= 15 is 0 Å². The molecule has 0 heterocycles. The molecular formula is C22H25F4N. The SMILES string of the molecule is CC(NC1CCCC(C)C1c1ccc(F)c(C(F)(F)F)c1)c1ccccc1. The van der Waals surface area contributed by atoms with Crippen molar-refractivity contribution in [1.29, 1.82) is 0 Å². The fourth-order valence-electron chi connectivity index (χ4n) is 4.29. The van der Waals surface area contributed by atoms with Crippen LogP contribution in [-0.4, -0.2) is 6.04 Å². The van der Waals surface area contributed by atoms with Gasteiger partial charge in [-0.3, -0.25) is 0 Å². The molecule has 2 aromatic carbocycles. The Balaban J connectivity index is 1.89. The minimum absolute atomic E-state index is 0.0514. The molecule has 1 aliphatic carbocycles. The summed E-state index contributed by atoms with van der Waals surface area (Å²) in [7, 11) is 0. The molecule has 3 rings (SSSR count). The first-order valence-corrected chi connectivity index (χ1v) is 9.45. The summed E-state index contributed by atoms with van der Waals surface area (Å²) >= 11 is 0. The summed E-state index contributed by atoms with van der Waals surface area (Å²) < 4.78 is 53.2. The van der Waals surface area contributed by atoms with Crippen LogP contribution in [0.4, 0.5) is 17.6 Å². The van der Waals surface area contributed by atoms with Gasteiger partial charge < -0.3 is 5.32 Å². The molecule has 0 aromatic heterocycles. The van der Waals surface area contributed by atoms with Gasteiger partial charge in [-0.1, -0.05) is 56.2 Å². The third-order valence-corrected chi connectivity index (χ3v) is 5.67. The topological polar surface area (TPSA) is 12.0 Å². The minimum atomic E-state index is -4.68. The molecule has 1 saturated carbocycles. The van der Waals surface area contributed by atoms with Crippen LogP contribution in [0.3, 0.4) is 0 Å². The smallest absolute Gasteiger partial charge is 0.307 e. The van der Waals surface area contributed by atoms with Crippen LogP contribution in [0, 0.1) is 11.7 Å². The molecule has 1 nitrogen and oxygen atoms in total. The van der Waals surface area contributed by atoms with E-state index in [2.05, 4.69) is 19.2 Å². The van der Waals surface area contributed by atoms with E-state index in [1.807, 2.05) is 30.3 Å². The van der Waals surface area contributed by atoms with E-state index in [-0.39, 0.29) is 23.9 Å². The summed E-state index contributed by atoms with van der Waals surface area (Å²) in [5.41, 5.74) is 0.533. The highest BCUT2D eigenvalue weighted by molar-refractivity contribution is 5.32. The lowest BCUT2D eigenvalue weighted by Gasteiger charge is -2.39. The molecule has 27 heavy (non-hydrogen) atoms. The van der Waals surface area contributed by atoms with Gasteiger partial charge in [-0.25, -0.2) is 4.39 Å². The van der Waals surface area contributed by atoms with E-state index in [9.17, 15) is 17.6 Å². The van der Waals surface area contributed by atoms with Crippen LogP contribution in [0.15, 0.2) is 48.5 Å². The van der Waals surface area contributed by atoms with Crippen LogP contribution < -0.4 is 5.32 Å². The van der Waals surface area contributed by atoms with Gasteiger partial charge in [0.05, 0.1) is 5.56 Å². The van der Waals surface area contributed by atoms with E-state index in [0.29, 0.717) is 5.56 Å². The van der Waals surface area contributed by atoms with E-state index in [1.165, 1.54) is 6.07 Å². The third kappa shape index (κ3) is 4.52. The number of hydrogen-bond acceptors (Lipinski definition) is 1. The fourth-order valence-corrected chi connectivity index (χ4v) is 4.29. The van der Waals surface area contributed by atoms with Crippen LogP contribution in [-0.2, 0) is 6.18 Å². The molecule has 0 spiro atoms. The number of alkyl halides is 3. The fraction of sp³-hybridized carbons (Fsp3) is 0.455. The molecule has 1 fully saturated rings. The number of nitrogens with one attached hydrogen (secondary N) is 1. The average molecular weight is 379 g/mol. The van der Waals surface area contributed by atoms with Crippen LogP contribution in [0.5, 0.6) is 0 Å². The Bertz CT molecular complexity index is 757. The average Bonchev–Trinajstić information content (AvgIpc) is 2.62. The van der Waals surface area contributed by atoms with Gasteiger partial charge in [-0.05, 0) is 42.5 Å². The van der Waals surface area contributed by atoms with Crippen molar-refractivity contribution in [2.75, 3.05) is 0 Å². The monoisotopic (exact) mass is 379 g/mol. The molecule has 2 aromatic rings. The Morgan fingerprint density at radius 1 is 1.04 bits per heavy atom. The van der Waals surface area contributed by atoms with Crippen LogP contribution >= 0.6 is 0 Å². The molecule has 1 N–H and O–H groups in total. The van der Waals surface area contributed by atoms with E-state index in [4.69, 9.17) is 0 Å². The standard InChI is InChI=1S/C22H25F4N/c1-14-7-6-10-20(27-15(2)16-8-4-3-5-9-16)21(14)17-11-12-19(23)18(13-17)22(24,25)26/h3-5,8-9,11-15,20-21,27H,6-7,10H2,1-2H3. The van der Waals surface area contributed by atoms with Gasteiger partial charge in [-0.15, -0.1) is 0 Å². The lowest BCUT2D eigenvalue weighted by molar-refractivity contribution is -0.140. The zero-order valence-corrected chi connectivity index (χ0v) is 15.6. The normalized spacial score (nSPS) is 24.6. The first-order chi connectivity index (χ1) is 12.8. The van der Waals surface area contributed by atoms with E-state index in [1.54, 1.807) is 0 Å². The van der Waals surface area contributed by atoms with Crippen molar-refractivity contribution in [2.45, 2.75) is 57.3 Å². The second kappa shape index (κ2) is 8.01. The largest absolute Gasteiger partial charge is 0.419 e. The predicted molar refractivity (Wildman–Crippen MR) is 98.9 cm³/mol. The van der Waals surface area contributed by atoms with Crippen molar-refractivity contribution in [3.8, 4) is 0 Å². The van der Waals surface area contributed by atoms with Gasteiger partial charge in [0.2, 0.25) is 0 Å². The van der Waals surface area contributed by atoms with Crippen molar-refractivity contribution >= 4 is 0 Å². The Morgan fingerprint density at radius 2 is 1.74 bits per heavy atom. The van der Waals surface area contributed by atoms with Gasteiger partial charge in [-0.2, -0.15) is 13.2 Å². The predicted octanol–water partition coefficient (Wildman–Crippen LogP) is 6.47. The highest BCUT2D eigenvalue weighted by Crippen LogP contribution is 2.41. The molecule has 0 amide bonds. The number of rotatable bonds is 4. The maximum absolute atomic E-state index is 13.7. The Labute approximate surface area is 157 Å². The third-order valence-electron chi connectivity index (χ3n) is 5.67. The van der Waals surface area contributed by atoms with Crippen molar-refractivity contribution in [3.05, 3.63) is 71.0 Å². The van der Waals surface area contributed by atoms with Crippen LogP contribution in [0.2, 0.25) is 0 Å².